The molecule has 40 heavy (non-hydrogen) atoms. The number of carbonyl (C=O) groups excluding carboxylic acids is 1. The molecule has 1 saturated heterocycles. The van der Waals surface area contributed by atoms with Crippen LogP contribution in [0.2, 0.25) is 0 Å². The van der Waals surface area contributed by atoms with Crippen LogP contribution in [0.25, 0.3) is 22.0 Å². The first-order chi connectivity index (χ1) is 19.4. The Hall–Kier alpha value is -4.36. The van der Waals surface area contributed by atoms with Crippen molar-refractivity contribution in [1.82, 2.24) is 24.2 Å². The molecule has 1 fully saturated rings. The average molecular weight is 553 g/mol. The molecule has 0 radical (unpaired) electrons. The highest BCUT2D eigenvalue weighted by Gasteiger charge is 2.31. The van der Waals surface area contributed by atoms with Gasteiger partial charge < -0.3 is 24.7 Å². The monoisotopic (exact) mass is 552 g/mol. The van der Waals surface area contributed by atoms with Crippen LogP contribution in [0.15, 0.2) is 59.7 Å². The first kappa shape index (κ1) is 25.9. The average Bonchev–Trinajstić information content (AvgIpc) is 3.52. The number of carbonyl (C=O) groups is 1. The third-order valence-electron chi connectivity index (χ3n) is 7.44. The molecule has 208 valence electrons. The third kappa shape index (κ3) is 4.46. The number of para-hydroxylation sites is 1. The highest BCUT2D eigenvalue weighted by atomic mass is 19.3. The van der Waals surface area contributed by atoms with Gasteiger partial charge in [0.1, 0.15) is 18.6 Å². The van der Waals surface area contributed by atoms with Crippen molar-refractivity contribution < 1.29 is 28.5 Å². The third-order valence-corrected chi connectivity index (χ3v) is 7.44. The van der Waals surface area contributed by atoms with E-state index in [1.54, 1.807) is 46.2 Å². The van der Waals surface area contributed by atoms with Gasteiger partial charge in [0.15, 0.2) is 0 Å². The number of nitrogens with zero attached hydrogens (tertiary/aromatic N) is 6. The maximum Gasteiger partial charge on any atom is 0.387 e. The minimum absolute atomic E-state index is 0.0806. The Bertz CT molecular complexity index is 1620. The van der Waals surface area contributed by atoms with Crippen molar-refractivity contribution in [2.45, 2.75) is 31.8 Å². The van der Waals surface area contributed by atoms with E-state index in [1.807, 2.05) is 16.8 Å². The number of aliphatic hydroxyl groups excluding tert-OH is 2. The molecule has 2 aromatic carbocycles. The Kier molecular flexibility index (Phi) is 6.68. The molecule has 1 amide bonds. The summed E-state index contributed by atoms with van der Waals surface area (Å²) in [5.41, 5.74) is 2.55. The topological polar surface area (TPSA) is 126 Å². The number of alkyl halides is 2. The van der Waals surface area contributed by atoms with Gasteiger partial charge in [0.2, 0.25) is 11.9 Å². The molecular formula is C27H26F2N6O5. The van der Waals surface area contributed by atoms with Crippen molar-refractivity contribution in [3.05, 3.63) is 70.8 Å². The van der Waals surface area contributed by atoms with Gasteiger partial charge in [-0.2, -0.15) is 8.78 Å². The maximum atomic E-state index is 13.1. The lowest BCUT2D eigenvalue weighted by molar-refractivity contribution is -0.145. The van der Waals surface area contributed by atoms with E-state index < -0.39 is 25.4 Å². The summed E-state index contributed by atoms with van der Waals surface area (Å²) in [5.74, 6) is -0.0731. The van der Waals surface area contributed by atoms with E-state index in [0.717, 1.165) is 5.56 Å². The molecule has 6 rings (SSSR count). The van der Waals surface area contributed by atoms with Crippen molar-refractivity contribution in [3.8, 4) is 16.9 Å². The fourth-order valence-electron chi connectivity index (χ4n) is 5.57. The predicted octanol–water partition coefficient (Wildman–Crippen LogP) is 1.81. The number of fused-ring (bicyclic) bond motifs is 3. The van der Waals surface area contributed by atoms with Crippen LogP contribution in [0, 0.1) is 0 Å². The summed E-state index contributed by atoms with van der Waals surface area (Å²) in [6.45, 7) is -2.46. The summed E-state index contributed by atoms with van der Waals surface area (Å²) in [6, 6.07) is 11.7. The van der Waals surface area contributed by atoms with Gasteiger partial charge in [-0.1, -0.05) is 24.3 Å². The lowest BCUT2D eigenvalue weighted by Gasteiger charge is -2.38. The molecule has 2 aliphatic heterocycles. The number of ether oxygens (including phenoxy) is 1. The predicted molar refractivity (Wildman–Crippen MR) is 140 cm³/mol. The molecule has 0 bridgehead atoms. The van der Waals surface area contributed by atoms with Gasteiger partial charge >= 0.3 is 6.61 Å². The van der Waals surface area contributed by atoms with Crippen LogP contribution in [0.1, 0.15) is 18.0 Å². The van der Waals surface area contributed by atoms with E-state index in [9.17, 15) is 23.5 Å². The van der Waals surface area contributed by atoms with Gasteiger partial charge in [0, 0.05) is 43.2 Å². The standard InChI is InChI=1S/C27H26F2N6O5/c28-26(29)40-22-4-2-1-3-18(22)20-7-8-34-25(39)19-6-5-16(11-21(19)35(20)34)17-12-30-27(31-13-17)32-9-10-33(23(37)14-32)24(38)15-36/h1-6,11-13,20,23,26,36-37H,7-10,14-15H2/t20-,23-/m1/s1. The Morgan fingerprint density at radius 3 is 2.58 bits per heavy atom. The molecule has 0 aliphatic carbocycles. The highest BCUT2D eigenvalue weighted by molar-refractivity contribution is 5.85. The van der Waals surface area contributed by atoms with Gasteiger partial charge in [-0.05, 0) is 30.2 Å². The number of hydrogen-bond acceptors (Lipinski definition) is 8. The zero-order valence-electron chi connectivity index (χ0n) is 21.2. The van der Waals surface area contributed by atoms with Crippen LogP contribution >= 0.6 is 0 Å². The number of piperazine rings is 1. The van der Waals surface area contributed by atoms with E-state index >= 15 is 0 Å². The maximum absolute atomic E-state index is 13.1. The molecule has 2 aliphatic rings. The second-order valence-electron chi connectivity index (χ2n) is 9.67. The SMILES string of the molecule is O=C(CO)N1CCN(c2ncc(-c3ccc4c(=O)n5n(c4c3)[C@@H](c3ccccc3OC(F)F)CC5)cn2)C[C@H]1O. The number of aromatic nitrogens is 4. The first-order valence-electron chi connectivity index (χ1n) is 12.8. The molecular weight excluding hydrogens is 526 g/mol. The normalized spacial score (nSPS) is 18.9. The Morgan fingerprint density at radius 2 is 1.85 bits per heavy atom. The lowest BCUT2D eigenvalue weighted by atomic mass is 10.0. The van der Waals surface area contributed by atoms with Crippen molar-refractivity contribution in [2.75, 3.05) is 31.1 Å². The van der Waals surface area contributed by atoms with Gasteiger partial charge in [0.05, 0.1) is 23.5 Å². The number of aliphatic hydroxyl groups is 2. The highest BCUT2D eigenvalue weighted by Crippen LogP contribution is 2.37. The molecule has 0 spiro atoms. The van der Waals surface area contributed by atoms with E-state index in [0.29, 0.717) is 47.5 Å². The Balaban J connectivity index is 1.30. The fourth-order valence-corrected chi connectivity index (χ4v) is 5.57. The minimum atomic E-state index is -2.96. The molecule has 13 heteroatoms. The van der Waals surface area contributed by atoms with Crippen molar-refractivity contribution >= 4 is 22.8 Å². The van der Waals surface area contributed by atoms with Crippen molar-refractivity contribution in [2.24, 2.45) is 0 Å². The summed E-state index contributed by atoms with van der Waals surface area (Å²) >= 11 is 0. The quantitative estimate of drug-likeness (QED) is 0.371. The van der Waals surface area contributed by atoms with E-state index in [-0.39, 0.29) is 30.4 Å². The Morgan fingerprint density at radius 1 is 1.07 bits per heavy atom. The second-order valence-corrected chi connectivity index (χ2v) is 9.67. The summed E-state index contributed by atoms with van der Waals surface area (Å²) in [4.78, 5) is 36.8. The summed E-state index contributed by atoms with van der Waals surface area (Å²) < 4.78 is 34.4. The summed E-state index contributed by atoms with van der Waals surface area (Å²) in [5, 5.41) is 19.9. The number of amides is 1. The van der Waals surface area contributed by atoms with Gasteiger partial charge in [-0.3, -0.25) is 14.3 Å². The fraction of sp³-hybridized carbons (Fsp3) is 0.333. The van der Waals surface area contributed by atoms with E-state index in [2.05, 4.69) is 9.97 Å². The van der Waals surface area contributed by atoms with Crippen LogP contribution in [0.4, 0.5) is 14.7 Å². The van der Waals surface area contributed by atoms with Crippen molar-refractivity contribution in [3.63, 3.8) is 0 Å². The number of β-amino-alcohol motifs (C(OH)–C–C–N with tert-alkyl or cyclic N) is 1. The van der Waals surface area contributed by atoms with Crippen LogP contribution < -0.4 is 15.2 Å². The van der Waals surface area contributed by atoms with Crippen LogP contribution in [-0.2, 0) is 11.3 Å². The molecule has 0 saturated carbocycles. The lowest BCUT2D eigenvalue weighted by Crippen LogP contribution is -2.56. The number of hydrogen-bond donors (Lipinski definition) is 2. The Labute approximate surface area is 226 Å². The summed E-state index contributed by atoms with van der Waals surface area (Å²) in [6.07, 6.45) is 2.76. The number of anilines is 1. The molecule has 4 aromatic rings. The molecule has 11 nitrogen and oxygen atoms in total. The van der Waals surface area contributed by atoms with Crippen molar-refractivity contribution in [1.29, 1.82) is 0 Å². The smallest absolute Gasteiger partial charge is 0.387 e. The van der Waals surface area contributed by atoms with Gasteiger partial charge in [-0.15, -0.1) is 0 Å². The molecule has 0 unspecified atom stereocenters. The minimum Gasteiger partial charge on any atom is -0.434 e. The zero-order chi connectivity index (χ0) is 28.0. The molecule has 2 aromatic heterocycles. The van der Waals surface area contributed by atoms with Crippen LogP contribution in [0.5, 0.6) is 5.75 Å². The van der Waals surface area contributed by atoms with Crippen LogP contribution in [-0.4, -0.2) is 79.4 Å². The number of benzene rings is 2. The number of halogens is 2. The molecule has 2 N–H and O–H groups in total. The first-order valence-corrected chi connectivity index (χ1v) is 12.8. The van der Waals surface area contributed by atoms with Gasteiger partial charge in [0.25, 0.3) is 5.56 Å². The molecule has 4 heterocycles. The van der Waals surface area contributed by atoms with E-state index in [4.69, 9.17) is 9.84 Å². The zero-order valence-corrected chi connectivity index (χ0v) is 21.2. The van der Waals surface area contributed by atoms with Crippen LogP contribution in [0.3, 0.4) is 0 Å². The second kappa shape index (κ2) is 10.3. The number of rotatable bonds is 6. The summed E-state index contributed by atoms with van der Waals surface area (Å²) in [7, 11) is 0. The largest absolute Gasteiger partial charge is 0.434 e. The van der Waals surface area contributed by atoms with E-state index in [1.165, 1.54) is 11.0 Å². The van der Waals surface area contributed by atoms with Gasteiger partial charge in [-0.25, -0.2) is 14.6 Å². The molecule has 2 atom stereocenters.